The van der Waals surface area contributed by atoms with E-state index in [1.165, 1.54) is 0 Å². The molecule has 1 aromatic heterocycles. The second-order valence-corrected chi connectivity index (χ2v) is 5.21. The standard InChI is InChI=1S/C16H17N3O3/c20-15(19-8-4-5-9-19)11-17-16(21)13-10-14(22-18-13)12-6-2-1-3-7-12/h1-3,6-7,10H,4-5,8-9,11H2,(H,17,21). The quantitative estimate of drug-likeness (QED) is 0.932. The van der Waals surface area contributed by atoms with Gasteiger partial charge in [0.2, 0.25) is 5.91 Å². The van der Waals surface area contributed by atoms with Gasteiger partial charge in [0.1, 0.15) is 0 Å². The van der Waals surface area contributed by atoms with Crippen molar-refractivity contribution >= 4 is 11.8 Å². The van der Waals surface area contributed by atoms with Gasteiger partial charge < -0.3 is 14.7 Å². The number of benzene rings is 1. The van der Waals surface area contributed by atoms with Crippen LogP contribution >= 0.6 is 0 Å². The van der Waals surface area contributed by atoms with Gasteiger partial charge in [0.25, 0.3) is 5.91 Å². The summed E-state index contributed by atoms with van der Waals surface area (Å²) in [6, 6.07) is 11.0. The number of amides is 2. The summed E-state index contributed by atoms with van der Waals surface area (Å²) in [7, 11) is 0. The van der Waals surface area contributed by atoms with Crippen LogP contribution in [0.2, 0.25) is 0 Å². The number of aromatic nitrogens is 1. The lowest BCUT2D eigenvalue weighted by molar-refractivity contribution is -0.129. The van der Waals surface area contributed by atoms with Gasteiger partial charge in [0.15, 0.2) is 11.5 Å². The SMILES string of the molecule is O=C(NCC(=O)N1CCCC1)c1cc(-c2ccccc2)on1. The monoisotopic (exact) mass is 299 g/mol. The van der Waals surface area contributed by atoms with Crippen molar-refractivity contribution < 1.29 is 14.1 Å². The molecular formula is C16H17N3O3. The number of likely N-dealkylation sites (tertiary alicyclic amines) is 1. The van der Waals surface area contributed by atoms with Crippen molar-refractivity contribution in [1.29, 1.82) is 0 Å². The smallest absolute Gasteiger partial charge is 0.273 e. The highest BCUT2D eigenvalue weighted by Crippen LogP contribution is 2.19. The summed E-state index contributed by atoms with van der Waals surface area (Å²) >= 11 is 0. The number of carbonyl (C=O) groups is 2. The fourth-order valence-electron chi connectivity index (χ4n) is 2.45. The number of carbonyl (C=O) groups excluding carboxylic acids is 2. The Labute approximate surface area is 128 Å². The lowest BCUT2D eigenvalue weighted by Crippen LogP contribution is -2.38. The Morgan fingerprint density at radius 2 is 1.91 bits per heavy atom. The van der Waals surface area contributed by atoms with Gasteiger partial charge in [-0.3, -0.25) is 9.59 Å². The number of rotatable bonds is 4. The Morgan fingerprint density at radius 3 is 2.64 bits per heavy atom. The molecule has 22 heavy (non-hydrogen) atoms. The molecule has 1 aliphatic rings. The van der Waals surface area contributed by atoms with Gasteiger partial charge in [-0.15, -0.1) is 0 Å². The molecule has 0 unspecified atom stereocenters. The zero-order valence-corrected chi connectivity index (χ0v) is 12.1. The van der Waals surface area contributed by atoms with E-state index in [9.17, 15) is 9.59 Å². The summed E-state index contributed by atoms with van der Waals surface area (Å²) < 4.78 is 5.17. The van der Waals surface area contributed by atoms with E-state index in [2.05, 4.69) is 10.5 Å². The molecule has 1 aliphatic heterocycles. The van der Waals surface area contributed by atoms with Crippen LogP contribution in [0.1, 0.15) is 23.3 Å². The molecular weight excluding hydrogens is 282 g/mol. The Balaban J connectivity index is 1.59. The molecule has 1 saturated heterocycles. The van der Waals surface area contributed by atoms with Gasteiger partial charge in [0, 0.05) is 24.7 Å². The van der Waals surface area contributed by atoms with E-state index in [0.717, 1.165) is 31.5 Å². The van der Waals surface area contributed by atoms with Crippen molar-refractivity contribution in [3.63, 3.8) is 0 Å². The van der Waals surface area contributed by atoms with Crippen LogP contribution in [0.25, 0.3) is 11.3 Å². The minimum absolute atomic E-state index is 0.00758. The summed E-state index contributed by atoms with van der Waals surface area (Å²) in [5.74, 6) is 0.0627. The van der Waals surface area contributed by atoms with Crippen LogP contribution < -0.4 is 5.32 Å². The second-order valence-electron chi connectivity index (χ2n) is 5.21. The fraction of sp³-hybridized carbons (Fsp3) is 0.312. The first kappa shape index (κ1) is 14.3. The summed E-state index contributed by atoms with van der Waals surface area (Å²) in [6.45, 7) is 1.54. The average Bonchev–Trinajstić information content (AvgIpc) is 3.24. The van der Waals surface area contributed by atoms with Gasteiger partial charge in [-0.1, -0.05) is 35.5 Å². The lowest BCUT2D eigenvalue weighted by atomic mass is 10.1. The van der Waals surface area contributed by atoms with Crippen LogP contribution in [0.5, 0.6) is 0 Å². The van der Waals surface area contributed by atoms with E-state index < -0.39 is 5.91 Å². The molecule has 0 aliphatic carbocycles. The zero-order valence-electron chi connectivity index (χ0n) is 12.1. The molecule has 2 amide bonds. The summed E-state index contributed by atoms with van der Waals surface area (Å²) in [4.78, 5) is 25.6. The van der Waals surface area contributed by atoms with Gasteiger partial charge in [-0.2, -0.15) is 0 Å². The average molecular weight is 299 g/mol. The van der Waals surface area contributed by atoms with Crippen LogP contribution in [-0.4, -0.2) is 41.5 Å². The third-order valence-corrected chi connectivity index (χ3v) is 3.66. The van der Waals surface area contributed by atoms with Crippen molar-refractivity contribution in [1.82, 2.24) is 15.4 Å². The van der Waals surface area contributed by atoms with E-state index in [0.29, 0.717) is 5.76 Å². The summed E-state index contributed by atoms with van der Waals surface area (Å²) in [6.07, 6.45) is 2.06. The first-order valence-electron chi connectivity index (χ1n) is 7.32. The van der Waals surface area contributed by atoms with Crippen LogP contribution in [-0.2, 0) is 4.79 Å². The molecule has 2 heterocycles. The van der Waals surface area contributed by atoms with Gasteiger partial charge in [-0.25, -0.2) is 0 Å². The normalized spacial score (nSPS) is 14.1. The highest BCUT2D eigenvalue weighted by atomic mass is 16.5. The molecule has 3 rings (SSSR count). The first-order chi connectivity index (χ1) is 10.7. The molecule has 6 heteroatoms. The number of hydrogen-bond donors (Lipinski definition) is 1. The maximum atomic E-state index is 12.0. The molecule has 0 bridgehead atoms. The zero-order chi connectivity index (χ0) is 15.4. The summed E-state index contributed by atoms with van der Waals surface area (Å²) in [5.41, 5.74) is 1.02. The summed E-state index contributed by atoms with van der Waals surface area (Å²) in [5, 5.41) is 6.34. The maximum absolute atomic E-state index is 12.0. The van der Waals surface area contributed by atoms with Crippen LogP contribution in [0.15, 0.2) is 40.9 Å². The Hall–Kier alpha value is -2.63. The Kier molecular flexibility index (Phi) is 4.18. The maximum Gasteiger partial charge on any atom is 0.273 e. The molecule has 2 aromatic rings. The minimum Gasteiger partial charge on any atom is -0.355 e. The van der Waals surface area contributed by atoms with Crippen molar-refractivity contribution in [2.45, 2.75) is 12.8 Å². The van der Waals surface area contributed by atoms with Gasteiger partial charge in [0.05, 0.1) is 6.54 Å². The van der Waals surface area contributed by atoms with Crippen molar-refractivity contribution in [3.05, 3.63) is 42.1 Å². The predicted molar refractivity (Wildman–Crippen MR) is 80.1 cm³/mol. The van der Waals surface area contributed by atoms with Crippen LogP contribution in [0.3, 0.4) is 0 Å². The molecule has 6 nitrogen and oxygen atoms in total. The van der Waals surface area contributed by atoms with E-state index in [-0.39, 0.29) is 18.1 Å². The number of hydrogen-bond acceptors (Lipinski definition) is 4. The van der Waals surface area contributed by atoms with Crippen molar-refractivity contribution in [2.75, 3.05) is 19.6 Å². The molecule has 0 atom stereocenters. The largest absolute Gasteiger partial charge is 0.355 e. The third-order valence-electron chi connectivity index (χ3n) is 3.66. The van der Waals surface area contributed by atoms with Crippen molar-refractivity contribution in [2.24, 2.45) is 0 Å². The molecule has 0 radical (unpaired) electrons. The predicted octanol–water partition coefficient (Wildman–Crippen LogP) is 1.69. The first-order valence-corrected chi connectivity index (χ1v) is 7.32. The van der Waals surface area contributed by atoms with Crippen LogP contribution in [0.4, 0.5) is 0 Å². The molecule has 0 spiro atoms. The Bertz CT molecular complexity index is 660. The molecule has 1 aromatic carbocycles. The van der Waals surface area contributed by atoms with E-state index in [1.54, 1.807) is 11.0 Å². The second kappa shape index (κ2) is 6.43. The highest BCUT2D eigenvalue weighted by molar-refractivity contribution is 5.95. The van der Waals surface area contributed by atoms with E-state index in [4.69, 9.17) is 4.52 Å². The number of nitrogens with zero attached hydrogens (tertiary/aromatic N) is 2. The number of nitrogens with one attached hydrogen (secondary N) is 1. The van der Waals surface area contributed by atoms with Crippen molar-refractivity contribution in [3.8, 4) is 11.3 Å². The van der Waals surface area contributed by atoms with Crippen LogP contribution in [0, 0.1) is 0 Å². The minimum atomic E-state index is -0.404. The molecule has 0 saturated carbocycles. The van der Waals surface area contributed by atoms with E-state index >= 15 is 0 Å². The fourth-order valence-corrected chi connectivity index (χ4v) is 2.45. The Morgan fingerprint density at radius 1 is 1.18 bits per heavy atom. The highest BCUT2D eigenvalue weighted by Gasteiger charge is 2.19. The lowest BCUT2D eigenvalue weighted by Gasteiger charge is -2.14. The molecule has 1 fully saturated rings. The molecule has 114 valence electrons. The molecule has 1 N–H and O–H groups in total. The van der Waals surface area contributed by atoms with Gasteiger partial charge in [-0.05, 0) is 12.8 Å². The topological polar surface area (TPSA) is 75.4 Å². The van der Waals surface area contributed by atoms with Gasteiger partial charge >= 0.3 is 0 Å². The van der Waals surface area contributed by atoms with E-state index in [1.807, 2.05) is 30.3 Å². The third kappa shape index (κ3) is 3.16.